The van der Waals surface area contributed by atoms with Crippen molar-refractivity contribution in [2.24, 2.45) is 5.84 Å². The zero-order chi connectivity index (χ0) is 15.6. The lowest BCUT2D eigenvalue weighted by Gasteiger charge is -2.20. The van der Waals surface area contributed by atoms with Crippen molar-refractivity contribution >= 4 is 34.5 Å². The van der Waals surface area contributed by atoms with Crippen LogP contribution in [0.4, 0.5) is 13.2 Å². The summed E-state index contributed by atoms with van der Waals surface area (Å²) in [5, 5.41) is 0. The minimum atomic E-state index is -4.80. The van der Waals surface area contributed by atoms with Gasteiger partial charge in [0.05, 0.1) is 14.7 Å². The van der Waals surface area contributed by atoms with E-state index < -0.39 is 12.4 Å². The van der Waals surface area contributed by atoms with E-state index in [1.165, 1.54) is 18.2 Å². The van der Waals surface area contributed by atoms with Gasteiger partial charge in [0.15, 0.2) is 0 Å². The molecule has 0 radical (unpaired) electrons. The predicted molar refractivity (Wildman–Crippen MR) is 76.6 cm³/mol. The molecule has 1 unspecified atom stereocenters. The molecule has 0 saturated carbocycles. The molecule has 1 aromatic heterocycles. The standard InChI is InChI=1S/C12H9Cl2F3N2OS/c13-9-5-7(11(14)21-9)10(19-18)6-3-1-2-4-8(6)20-12(15,16)17/h1-5,10,19H,18H2. The number of hydrogen-bond acceptors (Lipinski definition) is 4. The fraction of sp³-hybridized carbons (Fsp3) is 0.167. The van der Waals surface area contributed by atoms with E-state index in [-0.39, 0.29) is 11.3 Å². The number of nitrogens with two attached hydrogens (primary N) is 1. The van der Waals surface area contributed by atoms with Crippen LogP contribution in [0.2, 0.25) is 8.67 Å². The van der Waals surface area contributed by atoms with Gasteiger partial charge in [-0.15, -0.1) is 24.5 Å². The highest BCUT2D eigenvalue weighted by atomic mass is 35.5. The molecule has 1 aromatic carbocycles. The van der Waals surface area contributed by atoms with Crippen LogP contribution in [0.25, 0.3) is 0 Å². The lowest BCUT2D eigenvalue weighted by Crippen LogP contribution is -2.30. The first-order chi connectivity index (χ1) is 9.81. The van der Waals surface area contributed by atoms with Gasteiger partial charge < -0.3 is 4.74 Å². The molecule has 0 aliphatic carbocycles. The van der Waals surface area contributed by atoms with Crippen LogP contribution < -0.4 is 16.0 Å². The second-order valence-electron chi connectivity index (χ2n) is 3.96. The van der Waals surface area contributed by atoms with Gasteiger partial charge in [-0.25, -0.2) is 5.43 Å². The number of alkyl halides is 3. The Morgan fingerprint density at radius 3 is 2.38 bits per heavy atom. The summed E-state index contributed by atoms with van der Waals surface area (Å²) in [6.45, 7) is 0. The van der Waals surface area contributed by atoms with Crippen molar-refractivity contribution < 1.29 is 17.9 Å². The summed E-state index contributed by atoms with van der Waals surface area (Å²) in [5.41, 5.74) is 3.11. The summed E-state index contributed by atoms with van der Waals surface area (Å²) in [6.07, 6.45) is -4.80. The van der Waals surface area contributed by atoms with E-state index in [0.29, 0.717) is 14.2 Å². The maximum atomic E-state index is 12.5. The fourth-order valence-electron chi connectivity index (χ4n) is 1.83. The largest absolute Gasteiger partial charge is 0.573 e. The molecule has 3 nitrogen and oxygen atoms in total. The van der Waals surface area contributed by atoms with E-state index in [1.807, 2.05) is 0 Å². The van der Waals surface area contributed by atoms with Crippen molar-refractivity contribution in [3.63, 3.8) is 0 Å². The molecular weight excluding hydrogens is 348 g/mol. The molecule has 9 heteroatoms. The number of rotatable bonds is 4. The van der Waals surface area contributed by atoms with Crippen molar-refractivity contribution in [3.8, 4) is 5.75 Å². The number of para-hydroxylation sites is 1. The lowest BCUT2D eigenvalue weighted by molar-refractivity contribution is -0.275. The van der Waals surface area contributed by atoms with Crippen molar-refractivity contribution in [2.45, 2.75) is 12.4 Å². The van der Waals surface area contributed by atoms with E-state index >= 15 is 0 Å². The molecule has 0 amide bonds. The molecule has 2 rings (SSSR count). The second kappa shape index (κ2) is 6.41. The highest BCUT2D eigenvalue weighted by Gasteiger charge is 2.33. The van der Waals surface area contributed by atoms with Gasteiger partial charge in [-0.2, -0.15) is 0 Å². The maximum Gasteiger partial charge on any atom is 0.573 e. The van der Waals surface area contributed by atoms with Crippen molar-refractivity contribution in [2.75, 3.05) is 0 Å². The van der Waals surface area contributed by atoms with Gasteiger partial charge in [0, 0.05) is 11.1 Å². The van der Waals surface area contributed by atoms with Crippen LogP contribution in [-0.2, 0) is 0 Å². The van der Waals surface area contributed by atoms with E-state index in [9.17, 15) is 13.2 Å². The molecule has 1 heterocycles. The number of thiophene rings is 1. The quantitative estimate of drug-likeness (QED) is 0.625. The zero-order valence-electron chi connectivity index (χ0n) is 10.2. The van der Waals surface area contributed by atoms with Gasteiger partial charge in [-0.05, 0) is 12.1 Å². The van der Waals surface area contributed by atoms with Gasteiger partial charge in [0.2, 0.25) is 0 Å². The van der Waals surface area contributed by atoms with E-state index in [0.717, 1.165) is 11.3 Å². The van der Waals surface area contributed by atoms with Crippen molar-refractivity contribution in [1.82, 2.24) is 5.43 Å². The van der Waals surface area contributed by atoms with E-state index in [2.05, 4.69) is 10.2 Å². The topological polar surface area (TPSA) is 47.3 Å². The van der Waals surface area contributed by atoms with E-state index in [1.54, 1.807) is 12.1 Å². The highest BCUT2D eigenvalue weighted by Crippen LogP contribution is 2.40. The van der Waals surface area contributed by atoms with Crippen LogP contribution in [-0.4, -0.2) is 6.36 Å². The van der Waals surface area contributed by atoms with E-state index in [4.69, 9.17) is 29.0 Å². The Kier molecular flexibility index (Phi) is 5.00. The molecule has 2 aromatic rings. The first-order valence-corrected chi connectivity index (χ1v) is 7.14. The zero-order valence-corrected chi connectivity index (χ0v) is 12.6. The van der Waals surface area contributed by atoms with Crippen LogP contribution in [0.15, 0.2) is 30.3 Å². The van der Waals surface area contributed by atoms with Crippen LogP contribution in [0, 0.1) is 0 Å². The molecule has 0 bridgehead atoms. The molecule has 0 aliphatic rings. The Bertz CT molecular complexity index is 633. The molecule has 0 aliphatic heterocycles. The number of hydrazine groups is 1. The monoisotopic (exact) mass is 356 g/mol. The molecular formula is C12H9Cl2F3N2OS. The van der Waals surface area contributed by atoms with Crippen LogP contribution in [0.1, 0.15) is 17.2 Å². The van der Waals surface area contributed by atoms with Crippen LogP contribution in [0.3, 0.4) is 0 Å². The summed E-state index contributed by atoms with van der Waals surface area (Å²) in [7, 11) is 0. The van der Waals surface area contributed by atoms with Crippen LogP contribution in [0.5, 0.6) is 5.75 Å². The summed E-state index contributed by atoms with van der Waals surface area (Å²) in [6, 6.07) is 6.44. The Hall–Kier alpha value is -0.990. The average Bonchev–Trinajstić information content (AvgIpc) is 2.70. The fourth-order valence-corrected chi connectivity index (χ4v) is 3.37. The molecule has 21 heavy (non-hydrogen) atoms. The smallest absolute Gasteiger partial charge is 0.405 e. The van der Waals surface area contributed by atoms with Crippen molar-refractivity contribution in [3.05, 3.63) is 50.1 Å². The average molecular weight is 357 g/mol. The number of hydrogen-bond donors (Lipinski definition) is 2. The first-order valence-electron chi connectivity index (χ1n) is 5.57. The lowest BCUT2D eigenvalue weighted by atomic mass is 10.0. The third-order valence-electron chi connectivity index (χ3n) is 2.62. The number of nitrogens with one attached hydrogen (secondary N) is 1. The van der Waals surface area contributed by atoms with Gasteiger partial charge in [0.1, 0.15) is 5.75 Å². The Balaban J connectivity index is 2.46. The summed E-state index contributed by atoms with van der Waals surface area (Å²) >= 11 is 13.0. The maximum absolute atomic E-state index is 12.5. The highest BCUT2D eigenvalue weighted by molar-refractivity contribution is 7.20. The summed E-state index contributed by atoms with van der Waals surface area (Å²) in [5.74, 6) is 5.11. The summed E-state index contributed by atoms with van der Waals surface area (Å²) < 4.78 is 42.1. The molecule has 114 valence electrons. The SMILES string of the molecule is NNC(c1ccccc1OC(F)(F)F)c1cc(Cl)sc1Cl. The molecule has 0 fully saturated rings. The predicted octanol–water partition coefficient (Wildman–Crippen LogP) is 4.51. The van der Waals surface area contributed by atoms with Crippen molar-refractivity contribution in [1.29, 1.82) is 0 Å². The number of ether oxygens (including phenoxy) is 1. The normalized spacial score (nSPS) is 13.2. The molecule has 0 saturated heterocycles. The molecule has 1 atom stereocenters. The Morgan fingerprint density at radius 1 is 1.19 bits per heavy atom. The van der Waals surface area contributed by atoms with Gasteiger partial charge in [-0.3, -0.25) is 5.84 Å². The van der Waals surface area contributed by atoms with Gasteiger partial charge in [-0.1, -0.05) is 41.4 Å². The Labute approximate surface area is 132 Å². The second-order valence-corrected chi connectivity index (χ2v) is 6.25. The molecule has 0 spiro atoms. The minimum absolute atomic E-state index is 0.202. The third kappa shape index (κ3) is 4.02. The minimum Gasteiger partial charge on any atom is -0.405 e. The third-order valence-corrected chi connectivity index (χ3v) is 4.13. The van der Waals surface area contributed by atoms with Crippen LogP contribution >= 0.6 is 34.5 Å². The molecule has 3 N–H and O–H groups in total. The van der Waals surface area contributed by atoms with Gasteiger partial charge in [0.25, 0.3) is 0 Å². The van der Waals surface area contributed by atoms with Gasteiger partial charge >= 0.3 is 6.36 Å². The summed E-state index contributed by atoms with van der Waals surface area (Å²) in [4.78, 5) is 0. The number of benzene rings is 1. The first kappa shape index (κ1) is 16.4. The number of halogens is 5. The Morgan fingerprint density at radius 2 is 1.86 bits per heavy atom.